The molecule has 1 aromatic rings. The molecule has 1 aliphatic rings. The van der Waals surface area contributed by atoms with Crippen LogP contribution in [0.3, 0.4) is 0 Å². The van der Waals surface area contributed by atoms with E-state index < -0.39 is 0 Å². The predicted octanol–water partition coefficient (Wildman–Crippen LogP) is 2.14. The van der Waals surface area contributed by atoms with Gasteiger partial charge in [0.05, 0.1) is 5.69 Å². The fraction of sp³-hybridized carbons (Fsp3) is 0.333. The number of carbonyl (C=O) groups excluding carboxylic acids is 1. The number of hydrogen-bond acceptors (Lipinski definition) is 2. The van der Waals surface area contributed by atoms with Crippen LogP contribution in [-0.4, -0.2) is 17.7 Å². The van der Waals surface area contributed by atoms with E-state index in [-0.39, 0.29) is 11.9 Å². The second-order valence-corrected chi connectivity index (χ2v) is 3.88. The molecule has 2 rings (SSSR count). The summed E-state index contributed by atoms with van der Waals surface area (Å²) in [5, 5.41) is 2.89. The standard InChI is InChI=1S/C12H14N2O/c1-7-5-4-6-10-11(7)8(2)13-9(3)12(15)14-10/h4-6,9H,1-3H3,(H,14,15)/t9-/m0/s1. The van der Waals surface area contributed by atoms with Crippen LogP contribution in [0.2, 0.25) is 0 Å². The molecule has 0 aliphatic carbocycles. The molecule has 78 valence electrons. The lowest BCUT2D eigenvalue weighted by Gasteiger charge is -2.09. The van der Waals surface area contributed by atoms with Crippen molar-refractivity contribution in [2.75, 3.05) is 5.32 Å². The molecule has 0 aromatic heterocycles. The Labute approximate surface area is 89.2 Å². The van der Waals surface area contributed by atoms with E-state index in [0.29, 0.717) is 0 Å². The van der Waals surface area contributed by atoms with Crippen molar-refractivity contribution in [3.8, 4) is 0 Å². The van der Waals surface area contributed by atoms with Gasteiger partial charge in [-0.1, -0.05) is 12.1 Å². The maximum absolute atomic E-state index is 11.6. The number of benzodiazepines with no additional fused rings is 1. The van der Waals surface area contributed by atoms with Crippen LogP contribution in [0.15, 0.2) is 23.2 Å². The average molecular weight is 202 g/mol. The fourth-order valence-electron chi connectivity index (χ4n) is 1.90. The maximum Gasteiger partial charge on any atom is 0.248 e. The number of carbonyl (C=O) groups is 1. The van der Waals surface area contributed by atoms with Crippen molar-refractivity contribution in [1.29, 1.82) is 0 Å². The Morgan fingerprint density at radius 3 is 2.80 bits per heavy atom. The third kappa shape index (κ3) is 1.65. The van der Waals surface area contributed by atoms with E-state index in [1.54, 1.807) is 6.92 Å². The van der Waals surface area contributed by atoms with Crippen molar-refractivity contribution in [2.45, 2.75) is 26.8 Å². The fourth-order valence-corrected chi connectivity index (χ4v) is 1.90. The molecule has 1 aliphatic heterocycles. The number of nitrogens with one attached hydrogen (secondary N) is 1. The lowest BCUT2D eigenvalue weighted by molar-refractivity contribution is -0.116. The Balaban J connectivity index is 2.63. The lowest BCUT2D eigenvalue weighted by atomic mass is 10.0. The summed E-state index contributed by atoms with van der Waals surface area (Å²) in [6.07, 6.45) is 0. The first kappa shape index (κ1) is 9.90. The number of aryl methyl sites for hydroxylation is 1. The van der Waals surface area contributed by atoms with Crippen molar-refractivity contribution in [2.24, 2.45) is 4.99 Å². The van der Waals surface area contributed by atoms with Crippen LogP contribution in [0.4, 0.5) is 5.69 Å². The highest BCUT2D eigenvalue weighted by Crippen LogP contribution is 2.23. The highest BCUT2D eigenvalue weighted by atomic mass is 16.2. The van der Waals surface area contributed by atoms with Crippen molar-refractivity contribution in [3.63, 3.8) is 0 Å². The maximum atomic E-state index is 11.6. The largest absolute Gasteiger partial charge is 0.324 e. The summed E-state index contributed by atoms with van der Waals surface area (Å²) in [5.41, 5.74) is 3.98. The van der Waals surface area contributed by atoms with E-state index in [2.05, 4.69) is 10.3 Å². The van der Waals surface area contributed by atoms with Crippen LogP contribution in [0.5, 0.6) is 0 Å². The highest BCUT2D eigenvalue weighted by molar-refractivity contribution is 6.11. The molecule has 1 N–H and O–H groups in total. The van der Waals surface area contributed by atoms with E-state index in [9.17, 15) is 4.79 Å². The van der Waals surface area contributed by atoms with Crippen molar-refractivity contribution < 1.29 is 4.79 Å². The van der Waals surface area contributed by atoms with Gasteiger partial charge in [0.1, 0.15) is 6.04 Å². The van der Waals surface area contributed by atoms with Crippen LogP contribution in [-0.2, 0) is 4.79 Å². The molecular weight excluding hydrogens is 188 g/mol. The summed E-state index contributed by atoms with van der Waals surface area (Å²) in [7, 11) is 0. The van der Waals surface area contributed by atoms with Gasteiger partial charge in [0.2, 0.25) is 5.91 Å². The third-order valence-electron chi connectivity index (χ3n) is 2.66. The summed E-state index contributed by atoms with van der Waals surface area (Å²) in [5.74, 6) is -0.0429. The molecule has 0 bridgehead atoms. The van der Waals surface area contributed by atoms with Crippen LogP contribution in [0.25, 0.3) is 0 Å². The lowest BCUT2D eigenvalue weighted by Crippen LogP contribution is -2.22. The van der Waals surface area contributed by atoms with E-state index >= 15 is 0 Å². The molecule has 0 fully saturated rings. The van der Waals surface area contributed by atoms with Crippen LogP contribution in [0, 0.1) is 6.92 Å². The molecule has 1 aromatic carbocycles. The third-order valence-corrected chi connectivity index (χ3v) is 2.66. The number of hydrogen-bond donors (Lipinski definition) is 1. The predicted molar refractivity (Wildman–Crippen MR) is 61.5 cm³/mol. The van der Waals surface area contributed by atoms with E-state index in [1.807, 2.05) is 32.0 Å². The number of rotatable bonds is 0. The molecule has 0 spiro atoms. The second kappa shape index (κ2) is 3.50. The summed E-state index contributed by atoms with van der Waals surface area (Å²) < 4.78 is 0. The molecule has 0 radical (unpaired) electrons. The van der Waals surface area contributed by atoms with Gasteiger partial charge in [0.25, 0.3) is 0 Å². The number of fused-ring (bicyclic) bond motifs is 1. The zero-order chi connectivity index (χ0) is 11.0. The molecule has 0 saturated carbocycles. The summed E-state index contributed by atoms with van der Waals surface area (Å²) >= 11 is 0. The van der Waals surface area contributed by atoms with Gasteiger partial charge < -0.3 is 5.32 Å². The molecule has 1 heterocycles. The van der Waals surface area contributed by atoms with Gasteiger partial charge in [-0.2, -0.15) is 0 Å². The number of amides is 1. The molecule has 3 heteroatoms. The second-order valence-electron chi connectivity index (χ2n) is 3.88. The summed E-state index contributed by atoms with van der Waals surface area (Å²) in [4.78, 5) is 16.0. The molecule has 0 unspecified atom stereocenters. The molecule has 15 heavy (non-hydrogen) atoms. The molecule has 0 saturated heterocycles. The molecular formula is C12H14N2O. The molecule has 1 atom stereocenters. The van der Waals surface area contributed by atoms with Gasteiger partial charge in [0, 0.05) is 11.3 Å². The highest BCUT2D eigenvalue weighted by Gasteiger charge is 2.20. The Morgan fingerprint density at radius 2 is 2.07 bits per heavy atom. The van der Waals surface area contributed by atoms with Gasteiger partial charge in [-0.25, -0.2) is 0 Å². The zero-order valence-electron chi connectivity index (χ0n) is 9.16. The normalized spacial score (nSPS) is 20.1. The van der Waals surface area contributed by atoms with Gasteiger partial charge in [-0.3, -0.25) is 9.79 Å². The van der Waals surface area contributed by atoms with Crippen LogP contribution >= 0.6 is 0 Å². The summed E-state index contributed by atoms with van der Waals surface area (Å²) in [6.45, 7) is 5.78. The quantitative estimate of drug-likeness (QED) is 0.688. The van der Waals surface area contributed by atoms with Crippen molar-refractivity contribution in [1.82, 2.24) is 0 Å². The summed E-state index contributed by atoms with van der Waals surface area (Å²) in [6, 6.07) is 5.58. The Kier molecular flexibility index (Phi) is 2.31. The first-order valence-electron chi connectivity index (χ1n) is 5.05. The van der Waals surface area contributed by atoms with E-state index in [1.165, 1.54) is 0 Å². The van der Waals surface area contributed by atoms with Gasteiger partial charge >= 0.3 is 0 Å². The monoisotopic (exact) mass is 202 g/mol. The first-order chi connectivity index (χ1) is 7.09. The topological polar surface area (TPSA) is 41.5 Å². The molecule has 3 nitrogen and oxygen atoms in total. The minimum atomic E-state index is -0.309. The minimum absolute atomic E-state index is 0.0429. The van der Waals surface area contributed by atoms with Gasteiger partial charge in [-0.05, 0) is 32.4 Å². The number of anilines is 1. The first-order valence-corrected chi connectivity index (χ1v) is 5.05. The Bertz CT molecular complexity index is 449. The van der Waals surface area contributed by atoms with Crippen LogP contribution in [0.1, 0.15) is 25.0 Å². The van der Waals surface area contributed by atoms with E-state index in [4.69, 9.17) is 0 Å². The average Bonchev–Trinajstić information content (AvgIpc) is 2.26. The van der Waals surface area contributed by atoms with Crippen molar-refractivity contribution >= 4 is 17.3 Å². The SMILES string of the molecule is CC1=N[C@@H](C)C(=O)Nc2cccc(C)c21. The van der Waals surface area contributed by atoms with E-state index in [0.717, 1.165) is 22.5 Å². The van der Waals surface area contributed by atoms with Crippen LogP contribution < -0.4 is 5.32 Å². The molecule has 1 amide bonds. The smallest absolute Gasteiger partial charge is 0.248 e. The number of aliphatic imine (C=N–C) groups is 1. The Morgan fingerprint density at radius 1 is 1.33 bits per heavy atom. The Hall–Kier alpha value is -1.64. The minimum Gasteiger partial charge on any atom is -0.324 e. The number of nitrogens with zero attached hydrogens (tertiary/aromatic N) is 1. The zero-order valence-corrected chi connectivity index (χ0v) is 9.16. The number of benzene rings is 1. The van der Waals surface area contributed by atoms with Gasteiger partial charge in [-0.15, -0.1) is 0 Å². The van der Waals surface area contributed by atoms with Crippen molar-refractivity contribution in [3.05, 3.63) is 29.3 Å². The van der Waals surface area contributed by atoms with Gasteiger partial charge in [0.15, 0.2) is 0 Å².